The van der Waals surface area contributed by atoms with Gasteiger partial charge in [-0.3, -0.25) is 4.79 Å². The number of carbonyl (C=O) groups is 1. The molecule has 0 saturated heterocycles. The number of sulfone groups is 1. The summed E-state index contributed by atoms with van der Waals surface area (Å²) in [6.07, 6.45) is 0. The van der Waals surface area contributed by atoms with Crippen molar-refractivity contribution in [1.29, 1.82) is 0 Å². The van der Waals surface area contributed by atoms with Crippen molar-refractivity contribution in [2.45, 2.75) is 17.1 Å². The summed E-state index contributed by atoms with van der Waals surface area (Å²) in [4.78, 5) is 13.0. The second-order valence-electron chi connectivity index (χ2n) is 6.04. The zero-order chi connectivity index (χ0) is 19.4. The fourth-order valence-electron chi connectivity index (χ4n) is 2.67. The molecule has 27 heavy (non-hydrogen) atoms. The van der Waals surface area contributed by atoms with Crippen molar-refractivity contribution in [3.8, 4) is 0 Å². The third-order valence-electron chi connectivity index (χ3n) is 4.18. The smallest absolute Gasteiger partial charge is 0.251 e. The number of carbonyl (C=O) groups excluding carboxylic acids is 1. The molecule has 7 heteroatoms. The van der Waals surface area contributed by atoms with Gasteiger partial charge in [0.15, 0.2) is 9.84 Å². The molecular formula is C20H18FNO3S2. The van der Waals surface area contributed by atoms with Gasteiger partial charge in [0.1, 0.15) is 11.1 Å². The number of aryl methyl sites for hydroxylation is 1. The van der Waals surface area contributed by atoms with E-state index in [-0.39, 0.29) is 22.9 Å². The molecular weight excluding hydrogens is 385 g/mol. The van der Waals surface area contributed by atoms with Crippen LogP contribution in [-0.4, -0.2) is 20.9 Å². The van der Waals surface area contributed by atoms with Crippen LogP contribution >= 0.6 is 11.3 Å². The van der Waals surface area contributed by atoms with E-state index in [9.17, 15) is 17.6 Å². The minimum Gasteiger partial charge on any atom is -0.350 e. The first-order valence-electron chi connectivity index (χ1n) is 8.26. The lowest BCUT2D eigenvalue weighted by Gasteiger charge is -2.18. The zero-order valence-electron chi connectivity index (χ0n) is 14.6. The van der Waals surface area contributed by atoms with Crippen molar-refractivity contribution in [3.05, 3.63) is 87.9 Å². The predicted octanol–water partition coefficient (Wildman–Crippen LogP) is 4.14. The maximum atomic E-state index is 13.6. The van der Waals surface area contributed by atoms with Gasteiger partial charge in [0.2, 0.25) is 0 Å². The Labute approximate surface area is 161 Å². The number of benzene rings is 2. The first-order chi connectivity index (χ1) is 12.9. The van der Waals surface area contributed by atoms with E-state index in [1.165, 1.54) is 30.4 Å². The van der Waals surface area contributed by atoms with E-state index in [4.69, 9.17) is 0 Å². The third kappa shape index (κ3) is 4.26. The summed E-state index contributed by atoms with van der Waals surface area (Å²) in [5.74, 6) is -0.804. The Morgan fingerprint density at radius 2 is 1.85 bits per heavy atom. The van der Waals surface area contributed by atoms with Gasteiger partial charge in [-0.15, -0.1) is 11.3 Å². The van der Waals surface area contributed by atoms with E-state index in [1.807, 2.05) is 0 Å². The number of amides is 1. The number of nitrogens with one attached hydrogen (secondary N) is 1. The number of thiophene rings is 1. The second-order valence-corrected chi connectivity index (χ2v) is 9.15. The van der Waals surface area contributed by atoms with Crippen LogP contribution < -0.4 is 5.32 Å². The van der Waals surface area contributed by atoms with Crippen LogP contribution in [0.4, 0.5) is 4.39 Å². The molecule has 1 atom stereocenters. The summed E-state index contributed by atoms with van der Waals surface area (Å²) >= 11 is 1.30. The first kappa shape index (κ1) is 19.3. The molecule has 1 N–H and O–H groups in total. The Kier molecular flexibility index (Phi) is 5.72. The van der Waals surface area contributed by atoms with Gasteiger partial charge >= 0.3 is 0 Å². The summed E-state index contributed by atoms with van der Waals surface area (Å²) in [6.45, 7) is 1.44. The Balaban J connectivity index is 1.90. The summed E-state index contributed by atoms with van der Waals surface area (Å²) < 4.78 is 39.9. The van der Waals surface area contributed by atoms with E-state index in [1.54, 1.807) is 47.8 Å². The van der Waals surface area contributed by atoms with Crippen molar-refractivity contribution in [1.82, 2.24) is 5.32 Å². The van der Waals surface area contributed by atoms with Crippen LogP contribution in [0.5, 0.6) is 0 Å². The molecule has 140 valence electrons. The predicted molar refractivity (Wildman–Crippen MR) is 104 cm³/mol. The van der Waals surface area contributed by atoms with E-state index in [2.05, 4.69) is 5.32 Å². The van der Waals surface area contributed by atoms with Gasteiger partial charge in [0, 0.05) is 17.0 Å². The minimum absolute atomic E-state index is 0.0359. The van der Waals surface area contributed by atoms with Gasteiger partial charge in [-0.1, -0.05) is 24.3 Å². The molecule has 4 nitrogen and oxygen atoms in total. The monoisotopic (exact) mass is 403 g/mol. The van der Waals surface area contributed by atoms with E-state index in [0.717, 1.165) is 6.07 Å². The Bertz CT molecular complexity index is 1030. The zero-order valence-corrected chi connectivity index (χ0v) is 16.2. The molecule has 0 aliphatic carbocycles. The number of rotatable bonds is 6. The number of hydrogen-bond donors (Lipinski definition) is 1. The molecule has 0 saturated carbocycles. The lowest BCUT2D eigenvalue weighted by atomic mass is 10.2. The van der Waals surface area contributed by atoms with Gasteiger partial charge in [0.05, 0.1) is 4.90 Å². The van der Waals surface area contributed by atoms with Crippen molar-refractivity contribution in [2.24, 2.45) is 0 Å². The summed E-state index contributed by atoms with van der Waals surface area (Å²) in [6, 6.07) is 15.8. The van der Waals surface area contributed by atoms with Crippen molar-refractivity contribution < 1.29 is 17.6 Å². The Morgan fingerprint density at radius 1 is 1.11 bits per heavy atom. The largest absolute Gasteiger partial charge is 0.350 e. The molecule has 3 rings (SSSR count). The molecule has 0 bridgehead atoms. The molecule has 0 unspecified atom stereocenters. The standard InChI is InChI=1S/C20H18FNO3S2/c1-14-12-16(9-10-17(14)21)27(24,25)19(18-8-5-11-26-18)13-22-20(23)15-6-3-2-4-7-15/h2-12,19H,13H2,1H3,(H,22,23)/t19-/m0/s1. The highest BCUT2D eigenvalue weighted by Gasteiger charge is 2.31. The van der Waals surface area contributed by atoms with Crippen LogP contribution in [0.25, 0.3) is 0 Å². The van der Waals surface area contributed by atoms with Crippen LogP contribution in [0, 0.1) is 12.7 Å². The maximum Gasteiger partial charge on any atom is 0.251 e. The van der Waals surface area contributed by atoms with Crippen molar-refractivity contribution in [2.75, 3.05) is 6.54 Å². The molecule has 3 aromatic rings. The average molecular weight is 404 g/mol. The number of hydrogen-bond acceptors (Lipinski definition) is 4. The minimum atomic E-state index is -3.81. The summed E-state index contributed by atoms with van der Waals surface area (Å²) in [5.41, 5.74) is 0.715. The van der Waals surface area contributed by atoms with E-state index >= 15 is 0 Å². The Hall–Kier alpha value is -2.51. The molecule has 2 aromatic carbocycles. The van der Waals surface area contributed by atoms with Crippen molar-refractivity contribution >= 4 is 27.1 Å². The fourth-order valence-corrected chi connectivity index (χ4v) is 5.54. The first-order valence-corrected chi connectivity index (χ1v) is 10.7. The molecule has 0 spiro atoms. The summed E-state index contributed by atoms with van der Waals surface area (Å²) in [7, 11) is -3.81. The normalized spacial score (nSPS) is 12.5. The molecule has 1 heterocycles. The highest BCUT2D eigenvalue weighted by atomic mass is 32.2. The lowest BCUT2D eigenvalue weighted by molar-refractivity contribution is 0.0953. The summed E-state index contributed by atoms with van der Waals surface area (Å²) in [5, 5.41) is 3.54. The molecule has 0 radical (unpaired) electrons. The molecule has 1 aromatic heterocycles. The molecule has 0 fully saturated rings. The van der Waals surface area contributed by atoms with Crippen LogP contribution in [0.2, 0.25) is 0 Å². The van der Waals surface area contributed by atoms with E-state index < -0.39 is 20.9 Å². The molecule has 1 amide bonds. The highest BCUT2D eigenvalue weighted by Crippen LogP contribution is 2.32. The third-order valence-corrected chi connectivity index (χ3v) is 7.39. The lowest BCUT2D eigenvalue weighted by Crippen LogP contribution is -2.31. The van der Waals surface area contributed by atoms with Crippen LogP contribution in [0.15, 0.2) is 70.9 Å². The van der Waals surface area contributed by atoms with Crippen molar-refractivity contribution in [3.63, 3.8) is 0 Å². The van der Waals surface area contributed by atoms with Gasteiger partial charge in [-0.25, -0.2) is 12.8 Å². The van der Waals surface area contributed by atoms with Crippen LogP contribution in [-0.2, 0) is 9.84 Å². The van der Waals surface area contributed by atoms with Gasteiger partial charge in [-0.2, -0.15) is 0 Å². The average Bonchev–Trinajstić information content (AvgIpc) is 3.18. The molecule has 0 aliphatic rings. The topological polar surface area (TPSA) is 63.2 Å². The second kappa shape index (κ2) is 8.02. The SMILES string of the molecule is Cc1cc(S(=O)(=O)[C@@H](CNC(=O)c2ccccc2)c2cccs2)ccc1F. The van der Waals surface area contributed by atoms with E-state index in [0.29, 0.717) is 10.4 Å². The van der Waals surface area contributed by atoms with Crippen LogP contribution in [0.3, 0.4) is 0 Å². The highest BCUT2D eigenvalue weighted by molar-refractivity contribution is 7.91. The van der Waals surface area contributed by atoms with Gasteiger partial charge in [-0.05, 0) is 54.3 Å². The maximum absolute atomic E-state index is 13.6. The fraction of sp³-hybridized carbons (Fsp3) is 0.150. The van der Waals surface area contributed by atoms with Crippen LogP contribution in [0.1, 0.15) is 26.0 Å². The number of halogens is 1. The quantitative estimate of drug-likeness (QED) is 0.629. The van der Waals surface area contributed by atoms with Gasteiger partial charge < -0.3 is 5.32 Å². The van der Waals surface area contributed by atoms with Gasteiger partial charge in [0.25, 0.3) is 5.91 Å². The Morgan fingerprint density at radius 3 is 2.48 bits per heavy atom. The molecule has 0 aliphatic heterocycles.